The minimum atomic E-state index is 0.501. The number of pyridine rings is 1. The minimum absolute atomic E-state index is 0.501. The van der Waals surface area contributed by atoms with Crippen LogP contribution < -0.4 is 4.85 Å². The second kappa shape index (κ2) is 5.67. The summed E-state index contributed by atoms with van der Waals surface area (Å²) >= 11 is 0. The second-order valence-corrected chi connectivity index (χ2v) is 5.19. The third kappa shape index (κ3) is 2.32. The van der Waals surface area contributed by atoms with Gasteiger partial charge in [-0.05, 0) is 43.5 Å². The molecular weight excluding hydrogens is 268 g/mol. The number of fused-ring (bicyclic) bond motifs is 1. The number of hydrogen-bond donors (Lipinski definition) is 0. The topological polar surface area (TPSA) is 63.9 Å². The summed E-state index contributed by atoms with van der Waals surface area (Å²) in [6, 6.07) is 3.51. The maximum Gasteiger partial charge on any atom is 0.384 e. The van der Waals surface area contributed by atoms with Crippen LogP contribution in [0.25, 0.3) is 11.2 Å². The smallest absolute Gasteiger partial charge is 0.384 e. The monoisotopic (exact) mass is 289 g/mol. The van der Waals surface area contributed by atoms with Crippen LogP contribution in [0.3, 0.4) is 0 Å². The molecule has 7 nitrogen and oxygen atoms in total. The molecule has 0 bridgehead atoms. The van der Waals surface area contributed by atoms with E-state index < -0.39 is 0 Å². The Kier molecular flexibility index (Phi) is 3.72. The maximum atomic E-state index is 12.0. The molecule has 0 aliphatic carbocycles. The molecule has 112 valence electrons. The van der Waals surface area contributed by atoms with Crippen LogP contribution in [0.2, 0.25) is 0 Å². The van der Waals surface area contributed by atoms with E-state index in [1.54, 1.807) is 23.0 Å². The van der Waals surface area contributed by atoms with Crippen molar-refractivity contribution in [2.75, 3.05) is 26.2 Å². The zero-order valence-corrected chi connectivity index (χ0v) is 12.6. The Morgan fingerprint density at radius 2 is 2.05 bits per heavy atom. The summed E-state index contributed by atoms with van der Waals surface area (Å²) < 4.78 is 3.99. The van der Waals surface area contributed by atoms with E-state index in [0.717, 1.165) is 32.1 Å². The normalized spacial score (nSPS) is 14.9. The second-order valence-electron chi connectivity index (χ2n) is 5.19. The van der Waals surface area contributed by atoms with Crippen LogP contribution in [-0.2, 0) is 0 Å². The van der Waals surface area contributed by atoms with Gasteiger partial charge < -0.3 is 5.21 Å². The number of rotatable bonds is 2. The van der Waals surface area contributed by atoms with Crippen molar-refractivity contribution >= 4 is 17.1 Å². The zero-order chi connectivity index (χ0) is 14.8. The molecule has 3 rings (SSSR count). The van der Waals surface area contributed by atoms with Crippen molar-refractivity contribution in [3.8, 4) is 0 Å². The first kappa shape index (κ1) is 13.8. The van der Waals surface area contributed by atoms with E-state index in [4.69, 9.17) is 0 Å². The third-order valence-corrected chi connectivity index (χ3v) is 3.97. The molecule has 0 saturated carbocycles. The highest BCUT2D eigenvalue weighted by Gasteiger charge is 2.30. The van der Waals surface area contributed by atoms with E-state index in [1.807, 2.05) is 0 Å². The molecule has 1 saturated heterocycles. The summed E-state index contributed by atoms with van der Waals surface area (Å²) in [5, 5.41) is 16.2. The largest absolute Gasteiger partial charge is 0.691 e. The molecule has 21 heavy (non-hydrogen) atoms. The van der Waals surface area contributed by atoms with E-state index in [9.17, 15) is 5.21 Å². The van der Waals surface area contributed by atoms with Crippen molar-refractivity contribution in [3.05, 3.63) is 23.5 Å². The lowest BCUT2D eigenvalue weighted by molar-refractivity contribution is -0.646. The molecule has 1 aliphatic rings. The predicted molar refractivity (Wildman–Crippen MR) is 79.0 cm³/mol. The van der Waals surface area contributed by atoms with Gasteiger partial charge in [0.2, 0.25) is 5.52 Å². The molecule has 3 heterocycles. The van der Waals surface area contributed by atoms with Crippen molar-refractivity contribution in [3.63, 3.8) is 0 Å². The fourth-order valence-corrected chi connectivity index (χ4v) is 2.90. The Morgan fingerprint density at radius 1 is 1.33 bits per heavy atom. The lowest BCUT2D eigenvalue weighted by atomic mass is 10.4. The highest BCUT2D eigenvalue weighted by molar-refractivity contribution is 5.84. The summed E-state index contributed by atoms with van der Waals surface area (Å²) in [6.07, 6.45) is 4.05. The molecule has 0 amide bonds. The maximum absolute atomic E-state index is 12.0. The van der Waals surface area contributed by atoms with Gasteiger partial charge >= 0.3 is 5.96 Å². The van der Waals surface area contributed by atoms with Crippen LogP contribution in [0.4, 0.5) is 0 Å². The van der Waals surface area contributed by atoms with Gasteiger partial charge in [-0.2, -0.15) is 0 Å². The van der Waals surface area contributed by atoms with E-state index in [-0.39, 0.29) is 0 Å². The molecular formula is C14H21N6O+. The molecule has 0 aromatic carbocycles. The lowest BCUT2D eigenvalue weighted by Gasteiger charge is -2.17. The average molecular weight is 289 g/mol. The van der Waals surface area contributed by atoms with Gasteiger partial charge in [0.25, 0.3) is 5.65 Å². The third-order valence-electron chi connectivity index (χ3n) is 3.97. The van der Waals surface area contributed by atoms with Gasteiger partial charge in [0, 0.05) is 6.20 Å². The van der Waals surface area contributed by atoms with Crippen molar-refractivity contribution in [2.45, 2.75) is 26.7 Å². The first-order chi connectivity index (χ1) is 10.3. The molecule has 2 aromatic rings. The first-order valence-corrected chi connectivity index (χ1v) is 7.57. The van der Waals surface area contributed by atoms with Crippen LogP contribution in [0.15, 0.2) is 18.3 Å². The highest BCUT2D eigenvalue weighted by atomic mass is 16.5. The van der Waals surface area contributed by atoms with Gasteiger partial charge in [-0.25, -0.2) is 4.98 Å². The Labute approximate surface area is 123 Å². The number of nitrogens with zero attached hydrogens (tertiary/aromatic N) is 6. The summed E-state index contributed by atoms with van der Waals surface area (Å²) in [7, 11) is 0. The highest BCUT2D eigenvalue weighted by Crippen LogP contribution is 2.10. The van der Waals surface area contributed by atoms with E-state index in [1.165, 1.54) is 12.8 Å². The molecule has 2 aromatic heterocycles. The van der Waals surface area contributed by atoms with Crippen LogP contribution in [0, 0.1) is 5.21 Å². The molecule has 7 heteroatoms. The standard InChI is InChI=1S/C14H21N6O/c1-3-17(4-2)14(18-10-5-6-11-18)19-13-12(20(21)16-19)8-7-9-15-13/h7-9H,3-6,10-11H2,1-2H3/q+1. The van der Waals surface area contributed by atoms with E-state index in [0.29, 0.717) is 16.0 Å². The van der Waals surface area contributed by atoms with Crippen molar-refractivity contribution < 1.29 is 9.42 Å². The van der Waals surface area contributed by atoms with Gasteiger partial charge in [-0.3, -0.25) is 9.48 Å². The predicted octanol–water partition coefficient (Wildman–Crippen LogP) is 0.417. The van der Waals surface area contributed by atoms with Crippen molar-refractivity contribution in [1.29, 1.82) is 0 Å². The fraction of sp³-hybridized carbons (Fsp3) is 0.571. The summed E-state index contributed by atoms with van der Waals surface area (Å²) in [5.74, 6) is 0.968. The fourth-order valence-electron chi connectivity index (χ4n) is 2.90. The van der Waals surface area contributed by atoms with Gasteiger partial charge in [-0.1, -0.05) is 0 Å². The Balaban J connectivity index is 2.22. The molecule has 1 fully saturated rings. The van der Waals surface area contributed by atoms with Gasteiger partial charge in [0.15, 0.2) is 0 Å². The molecule has 1 aliphatic heterocycles. The van der Waals surface area contributed by atoms with Crippen molar-refractivity contribution in [1.82, 2.24) is 19.8 Å². The molecule has 0 atom stereocenters. The number of hydrogen-bond acceptors (Lipinski definition) is 3. The summed E-state index contributed by atoms with van der Waals surface area (Å²) in [6.45, 7) is 7.97. The summed E-state index contributed by atoms with van der Waals surface area (Å²) in [4.78, 5) is 7.23. The minimum Gasteiger partial charge on any atom is -0.691 e. The SMILES string of the molecule is CCN(CC)C(n1n[n+]([O-])c2cccnc21)=[N+]1CCCC1. The number of aromatic nitrogens is 4. The van der Waals surface area contributed by atoms with Gasteiger partial charge in [0.05, 0.1) is 31.4 Å². The van der Waals surface area contributed by atoms with Crippen molar-refractivity contribution in [2.24, 2.45) is 0 Å². The Morgan fingerprint density at radius 3 is 2.71 bits per heavy atom. The van der Waals surface area contributed by atoms with Crippen LogP contribution >= 0.6 is 0 Å². The van der Waals surface area contributed by atoms with Crippen LogP contribution in [-0.4, -0.2) is 56.5 Å². The molecule has 0 unspecified atom stereocenters. The van der Waals surface area contributed by atoms with Gasteiger partial charge in [-0.15, -0.1) is 4.85 Å². The van der Waals surface area contributed by atoms with E-state index in [2.05, 4.69) is 33.5 Å². The molecule has 0 spiro atoms. The molecule has 0 radical (unpaired) electrons. The summed E-state index contributed by atoms with van der Waals surface area (Å²) in [5.41, 5.74) is 1.11. The Hall–Kier alpha value is -2.18. The Bertz CT molecular complexity index is 665. The van der Waals surface area contributed by atoms with Crippen LogP contribution in [0.5, 0.6) is 0 Å². The van der Waals surface area contributed by atoms with Gasteiger partial charge in [0.1, 0.15) is 0 Å². The van der Waals surface area contributed by atoms with Crippen LogP contribution in [0.1, 0.15) is 26.7 Å². The lowest BCUT2D eigenvalue weighted by Crippen LogP contribution is -2.44. The average Bonchev–Trinajstić information content (AvgIpc) is 3.14. The zero-order valence-electron chi connectivity index (χ0n) is 12.6. The van der Waals surface area contributed by atoms with E-state index >= 15 is 0 Å². The quantitative estimate of drug-likeness (QED) is 0.456. The first-order valence-electron chi connectivity index (χ1n) is 7.57. The molecule has 0 N–H and O–H groups in total.